The molecule has 0 atom stereocenters. The monoisotopic (exact) mass is 328 g/mol. The molecular formula is C18H24N4O2. The minimum absolute atomic E-state index is 0.130. The lowest BCUT2D eigenvalue weighted by Gasteiger charge is -2.22. The van der Waals surface area contributed by atoms with Crippen LogP contribution in [0.25, 0.3) is 0 Å². The number of carbonyl (C=O) groups excluding carboxylic acids is 1. The highest BCUT2D eigenvalue weighted by Gasteiger charge is 2.32. The first-order chi connectivity index (χ1) is 11.4. The zero-order valence-corrected chi connectivity index (χ0v) is 14.7. The average Bonchev–Trinajstić information content (AvgIpc) is 3.29. The summed E-state index contributed by atoms with van der Waals surface area (Å²) >= 11 is 0. The van der Waals surface area contributed by atoms with Crippen molar-refractivity contribution in [1.29, 1.82) is 0 Å². The van der Waals surface area contributed by atoms with Crippen LogP contribution in [0.1, 0.15) is 61.3 Å². The third kappa shape index (κ3) is 3.58. The summed E-state index contributed by atoms with van der Waals surface area (Å²) in [6, 6.07) is 5.60. The molecule has 1 N–H and O–H groups in total. The maximum absolute atomic E-state index is 12.5. The Balaban J connectivity index is 1.73. The van der Waals surface area contributed by atoms with Gasteiger partial charge >= 0.3 is 0 Å². The lowest BCUT2D eigenvalue weighted by Crippen LogP contribution is -2.27. The molecule has 0 bridgehead atoms. The van der Waals surface area contributed by atoms with Gasteiger partial charge in [-0.05, 0) is 51.3 Å². The molecule has 6 nitrogen and oxygen atoms in total. The van der Waals surface area contributed by atoms with Gasteiger partial charge in [0.15, 0.2) is 0 Å². The number of carbonyl (C=O) groups is 1. The maximum Gasteiger partial charge on any atom is 0.272 e. The average molecular weight is 328 g/mol. The summed E-state index contributed by atoms with van der Waals surface area (Å²) in [4.78, 5) is 16.5. The lowest BCUT2D eigenvalue weighted by molar-refractivity contribution is 0.0944. The Kier molecular flexibility index (Phi) is 4.30. The van der Waals surface area contributed by atoms with Crippen LogP contribution in [0, 0.1) is 0 Å². The molecule has 2 aromatic rings. The van der Waals surface area contributed by atoms with Crippen LogP contribution >= 0.6 is 0 Å². The Labute approximate surface area is 142 Å². The molecule has 1 aliphatic carbocycles. The summed E-state index contributed by atoms with van der Waals surface area (Å²) in [5.74, 6) is 0.924. The predicted octanol–water partition coefficient (Wildman–Crippen LogP) is 2.85. The van der Waals surface area contributed by atoms with Crippen LogP contribution in [0.4, 0.5) is 0 Å². The molecule has 1 fully saturated rings. The van der Waals surface area contributed by atoms with Gasteiger partial charge in [0.1, 0.15) is 5.69 Å². The summed E-state index contributed by atoms with van der Waals surface area (Å²) in [6.07, 6.45) is 4.03. The van der Waals surface area contributed by atoms with Gasteiger partial charge in [-0.25, -0.2) is 4.98 Å². The van der Waals surface area contributed by atoms with E-state index in [1.165, 1.54) is 18.5 Å². The molecule has 0 spiro atoms. The van der Waals surface area contributed by atoms with Crippen LogP contribution in [0.5, 0.6) is 5.88 Å². The molecule has 6 heteroatoms. The normalized spacial score (nSPS) is 14.5. The summed E-state index contributed by atoms with van der Waals surface area (Å²) in [5, 5.41) is 7.48. The molecule has 0 unspecified atom stereocenters. The largest absolute Gasteiger partial charge is 0.481 e. The van der Waals surface area contributed by atoms with Crippen molar-refractivity contribution in [2.75, 3.05) is 7.11 Å². The van der Waals surface area contributed by atoms with Crippen LogP contribution < -0.4 is 10.1 Å². The number of methoxy groups -OCH3 is 1. The van der Waals surface area contributed by atoms with Crippen LogP contribution in [0.15, 0.2) is 24.4 Å². The highest BCUT2D eigenvalue weighted by atomic mass is 16.5. The Bertz CT molecular complexity index is 742. The van der Waals surface area contributed by atoms with Gasteiger partial charge in [0.25, 0.3) is 5.91 Å². The Hall–Kier alpha value is -2.37. The van der Waals surface area contributed by atoms with Crippen LogP contribution in [0.2, 0.25) is 0 Å². The van der Waals surface area contributed by atoms with Crippen LogP contribution in [-0.2, 0) is 12.1 Å². The van der Waals surface area contributed by atoms with Crippen molar-refractivity contribution in [1.82, 2.24) is 20.1 Å². The van der Waals surface area contributed by atoms with Crippen molar-refractivity contribution in [3.63, 3.8) is 0 Å². The van der Waals surface area contributed by atoms with E-state index in [9.17, 15) is 4.79 Å². The molecule has 3 rings (SSSR count). The highest BCUT2D eigenvalue weighted by Crippen LogP contribution is 2.41. The van der Waals surface area contributed by atoms with Crippen LogP contribution in [0.3, 0.4) is 0 Å². The topological polar surface area (TPSA) is 69.0 Å². The fourth-order valence-electron chi connectivity index (χ4n) is 2.66. The lowest BCUT2D eigenvalue weighted by atomic mass is 10.1. The molecule has 2 aromatic heterocycles. The smallest absolute Gasteiger partial charge is 0.272 e. The molecule has 0 aliphatic heterocycles. The highest BCUT2D eigenvalue weighted by molar-refractivity contribution is 5.92. The van der Waals surface area contributed by atoms with Gasteiger partial charge in [-0.3, -0.25) is 9.48 Å². The molecule has 1 saturated carbocycles. The van der Waals surface area contributed by atoms with E-state index in [1.807, 2.05) is 22.9 Å². The Morgan fingerprint density at radius 2 is 2.12 bits per heavy atom. The van der Waals surface area contributed by atoms with Gasteiger partial charge in [-0.1, -0.05) is 0 Å². The standard InChI is InChI=1S/C18H24N4O2/c1-18(2,3)22-15(13-5-6-13)10-14(21-22)17(23)20-11-12-7-8-19-16(9-12)24-4/h7-10,13H,5-6,11H2,1-4H3,(H,20,23). The SMILES string of the molecule is COc1cc(CNC(=O)c2cc(C3CC3)n(C(C)(C)C)n2)ccn1. The molecular weight excluding hydrogens is 304 g/mol. The van der Waals surface area contributed by atoms with Crippen molar-refractivity contribution in [3.8, 4) is 5.88 Å². The molecule has 0 radical (unpaired) electrons. The first kappa shape index (κ1) is 16.5. The van der Waals surface area contributed by atoms with Crippen molar-refractivity contribution >= 4 is 5.91 Å². The molecule has 2 heterocycles. The first-order valence-corrected chi connectivity index (χ1v) is 8.26. The van der Waals surface area contributed by atoms with Crippen molar-refractivity contribution in [2.45, 2.75) is 51.6 Å². The molecule has 1 aliphatic rings. The Morgan fingerprint density at radius 1 is 1.38 bits per heavy atom. The van der Waals surface area contributed by atoms with E-state index in [0.717, 1.165) is 5.56 Å². The van der Waals surface area contributed by atoms with E-state index >= 15 is 0 Å². The second kappa shape index (κ2) is 6.26. The fraction of sp³-hybridized carbons (Fsp3) is 0.500. The van der Waals surface area contributed by atoms with E-state index in [-0.39, 0.29) is 11.4 Å². The molecule has 0 aromatic carbocycles. The van der Waals surface area contributed by atoms with Gasteiger partial charge in [-0.2, -0.15) is 5.10 Å². The van der Waals surface area contributed by atoms with Gasteiger partial charge in [0.2, 0.25) is 5.88 Å². The van der Waals surface area contributed by atoms with Gasteiger partial charge in [-0.15, -0.1) is 0 Å². The predicted molar refractivity (Wildman–Crippen MR) is 91.2 cm³/mol. The number of ether oxygens (including phenoxy) is 1. The zero-order chi connectivity index (χ0) is 17.3. The number of nitrogens with one attached hydrogen (secondary N) is 1. The van der Waals surface area contributed by atoms with E-state index in [2.05, 4.69) is 36.2 Å². The number of amides is 1. The van der Waals surface area contributed by atoms with Crippen molar-refractivity contribution in [2.24, 2.45) is 0 Å². The van der Waals surface area contributed by atoms with E-state index in [4.69, 9.17) is 4.74 Å². The fourth-order valence-corrected chi connectivity index (χ4v) is 2.66. The third-order valence-electron chi connectivity index (χ3n) is 4.06. The van der Waals surface area contributed by atoms with Gasteiger partial charge < -0.3 is 10.1 Å². The number of hydrogen-bond acceptors (Lipinski definition) is 4. The third-order valence-corrected chi connectivity index (χ3v) is 4.06. The number of aromatic nitrogens is 3. The van der Waals surface area contributed by atoms with Crippen molar-refractivity contribution in [3.05, 3.63) is 41.3 Å². The Morgan fingerprint density at radius 3 is 2.75 bits per heavy atom. The second-order valence-corrected chi connectivity index (χ2v) is 7.20. The van der Waals surface area contributed by atoms with E-state index < -0.39 is 0 Å². The minimum atomic E-state index is -0.157. The number of hydrogen-bond donors (Lipinski definition) is 1. The molecule has 1 amide bonds. The zero-order valence-electron chi connectivity index (χ0n) is 14.7. The summed E-state index contributed by atoms with van der Waals surface area (Å²) < 4.78 is 7.09. The minimum Gasteiger partial charge on any atom is -0.481 e. The second-order valence-electron chi connectivity index (χ2n) is 7.20. The quantitative estimate of drug-likeness (QED) is 0.916. The summed E-state index contributed by atoms with van der Waals surface area (Å²) in [6.45, 7) is 6.74. The van der Waals surface area contributed by atoms with E-state index in [0.29, 0.717) is 24.0 Å². The number of pyridine rings is 1. The van der Waals surface area contributed by atoms with Gasteiger partial charge in [0, 0.05) is 30.4 Å². The number of rotatable bonds is 5. The van der Waals surface area contributed by atoms with Crippen LogP contribution in [-0.4, -0.2) is 27.8 Å². The molecule has 0 saturated heterocycles. The molecule has 24 heavy (non-hydrogen) atoms. The molecule has 128 valence electrons. The maximum atomic E-state index is 12.5. The van der Waals surface area contributed by atoms with Crippen molar-refractivity contribution < 1.29 is 9.53 Å². The summed E-state index contributed by atoms with van der Waals surface area (Å²) in [7, 11) is 1.57. The van der Waals surface area contributed by atoms with E-state index in [1.54, 1.807) is 13.3 Å². The van der Waals surface area contributed by atoms with Gasteiger partial charge in [0.05, 0.1) is 12.6 Å². The summed E-state index contributed by atoms with van der Waals surface area (Å²) in [5.41, 5.74) is 2.45. The first-order valence-electron chi connectivity index (χ1n) is 8.26. The number of nitrogens with zero attached hydrogens (tertiary/aromatic N) is 3.